The van der Waals surface area contributed by atoms with Crippen molar-refractivity contribution in [1.29, 1.82) is 0 Å². The highest BCUT2D eigenvalue weighted by molar-refractivity contribution is 6.31. The molecule has 1 fully saturated rings. The number of carboxylic acid groups (broad SMARTS) is 1. The lowest BCUT2D eigenvalue weighted by atomic mass is 9.97. The molecule has 0 aromatic heterocycles. The van der Waals surface area contributed by atoms with Crippen LogP contribution in [0.5, 0.6) is 0 Å². The van der Waals surface area contributed by atoms with Gasteiger partial charge in [0, 0.05) is 23.6 Å². The molecule has 1 aliphatic heterocycles. The Morgan fingerprint density at radius 1 is 1.38 bits per heavy atom. The summed E-state index contributed by atoms with van der Waals surface area (Å²) in [7, 11) is 0. The third-order valence-electron chi connectivity index (χ3n) is 3.39. The predicted octanol–water partition coefficient (Wildman–Crippen LogP) is 1.11. The maximum atomic E-state index is 12.1. The van der Waals surface area contributed by atoms with E-state index in [9.17, 15) is 19.5 Å². The molecule has 2 rings (SSSR count). The minimum atomic E-state index is -1.20. The van der Waals surface area contributed by atoms with Crippen LogP contribution >= 0.6 is 11.6 Å². The summed E-state index contributed by atoms with van der Waals surface area (Å²) in [5, 5.41) is 14.7. The fourth-order valence-corrected chi connectivity index (χ4v) is 2.44. The van der Waals surface area contributed by atoms with E-state index in [1.165, 1.54) is 0 Å². The zero-order chi connectivity index (χ0) is 15.4. The molecule has 1 heterocycles. The normalized spacial score (nSPS) is 19.5. The van der Waals surface area contributed by atoms with Gasteiger partial charge < -0.3 is 15.7 Å². The molecule has 21 heavy (non-hydrogen) atoms. The number of piperidine rings is 1. The summed E-state index contributed by atoms with van der Waals surface area (Å²) in [4.78, 5) is 34.6. The maximum Gasteiger partial charge on any atom is 0.330 e. The first-order valence-electron chi connectivity index (χ1n) is 6.53. The highest BCUT2D eigenvalue weighted by Gasteiger charge is 2.30. The molecule has 7 heteroatoms. The second-order valence-corrected chi connectivity index (χ2v) is 5.25. The summed E-state index contributed by atoms with van der Waals surface area (Å²) in [6.45, 7) is 0.222. The fraction of sp³-hybridized carbons (Fsp3) is 0.357. The van der Waals surface area contributed by atoms with E-state index in [0.717, 1.165) is 0 Å². The van der Waals surface area contributed by atoms with E-state index >= 15 is 0 Å². The van der Waals surface area contributed by atoms with Crippen LogP contribution in [-0.4, -0.2) is 29.4 Å². The zero-order valence-corrected chi connectivity index (χ0v) is 11.9. The van der Waals surface area contributed by atoms with Gasteiger partial charge in [-0.05, 0) is 12.5 Å². The molecule has 1 unspecified atom stereocenters. The Kier molecular flexibility index (Phi) is 4.80. The van der Waals surface area contributed by atoms with Gasteiger partial charge in [-0.2, -0.15) is 0 Å². The van der Waals surface area contributed by atoms with E-state index in [1.54, 1.807) is 24.3 Å². The topological polar surface area (TPSA) is 95.5 Å². The predicted molar refractivity (Wildman–Crippen MR) is 75.7 cm³/mol. The van der Waals surface area contributed by atoms with Crippen LogP contribution in [0.1, 0.15) is 24.4 Å². The van der Waals surface area contributed by atoms with Crippen LogP contribution < -0.4 is 10.6 Å². The van der Waals surface area contributed by atoms with Crippen molar-refractivity contribution >= 4 is 29.4 Å². The molecule has 1 aromatic rings. The molecule has 3 N–H and O–H groups in total. The molecule has 0 bridgehead atoms. The summed E-state index contributed by atoms with van der Waals surface area (Å²) >= 11 is 5.98. The van der Waals surface area contributed by atoms with E-state index in [1.807, 2.05) is 0 Å². The molecule has 2 amide bonds. The molecule has 1 saturated heterocycles. The van der Waals surface area contributed by atoms with Crippen molar-refractivity contribution in [2.75, 3.05) is 6.54 Å². The molecule has 0 aliphatic carbocycles. The van der Waals surface area contributed by atoms with Gasteiger partial charge in [-0.15, -0.1) is 0 Å². The van der Waals surface area contributed by atoms with E-state index in [0.29, 0.717) is 12.0 Å². The molecule has 2 atom stereocenters. The minimum Gasteiger partial charge on any atom is -0.479 e. The highest BCUT2D eigenvalue weighted by Crippen LogP contribution is 2.23. The van der Waals surface area contributed by atoms with Crippen molar-refractivity contribution in [2.24, 2.45) is 5.92 Å². The quantitative estimate of drug-likeness (QED) is 0.776. The van der Waals surface area contributed by atoms with Gasteiger partial charge in [0.1, 0.15) is 0 Å². The lowest BCUT2D eigenvalue weighted by Gasteiger charge is -2.24. The number of halogens is 1. The molecule has 1 aliphatic rings. The van der Waals surface area contributed by atoms with E-state index in [4.69, 9.17) is 11.6 Å². The number of hydrogen-bond donors (Lipinski definition) is 3. The first-order chi connectivity index (χ1) is 9.99. The van der Waals surface area contributed by atoms with Crippen molar-refractivity contribution < 1.29 is 19.5 Å². The number of carbonyl (C=O) groups excluding carboxylic acids is 2. The summed E-state index contributed by atoms with van der Waals surface area (Å²) in [5.74, 6) is -2.11. The van der Waals surface area contributed by atoms with Gasteiger partial charge >= 0.3 is 5.97 Å². The van der Waals surface area contributed by atoms with Crippen LogP contribution in [0.4, 0.5) is 0 Å². The standard InChI is InChI=1S/C14H15ClN2O4/c15-10-4-2-1-3-9(10)12(14(20)21)17-13(19)8-5-6-11(18)16-7-8/h1-4,8,12H,5-7H2,(H,16,18)(H,17,19)(H,20,21)/t8?,12-/m1/s1. The van der Waals surface area contributed by atoms with Crippen molar-refractivity contribution in [3.8, 4) is 0 Å². The van der Waals surface area contributed by atoms with Crippen LogP contribution in [-0.2, 0) is 14.4 Å². The van der Waals surface area contributed by atoms with Crippen LogP contribution in [0, 0.1) is 5.92 Å². The Hall–Kier alpha value is -2.08. The number of rotatable bonds is 4. The lowest BCUT2D eigenvalue weighted by molar-refractivity contribution is -0.143. The second kappa shape index (κ2) is 6.58. The highest BCUT2D eigenvalue weighted by atomic mass is 35.5. The van der Waals surface area contributed by atoms with Gasteiger partial charge in [0.2, 0.25) is 11.8 Å². The number of carbonyl (C=O) groups is 3. The van der Waals surface area contributed by atoms with Crippen LogP contribution in [0.15, 0.2) is 24.3 Å². The van der Waals surface area contributed by atoms with Gasteiger partial charge in [0.25, 0.3) is 0 Å². The summed E-state index contributed by atoms with van der Waals surface area (Å²) < 4.78 is 0. The van der Waals surface area contributed by atoms with Crippen molar-refractivity contribution in [2.45, 2.75) is 18.9 Å². The molecule has 6 nitrogen and oxygen atoms in total. The molecule has 1 aromatic carbocycles. The van der Waals surface area contributed by atoms with E-state index in [2.05, 4.69) is 10.6 Å². The van der Waals surface area contributed by atoms with Crippen LogP contribution in [0.25, 0.3) is 0 Å². The number of aliphatic carboxylic acids is 1. The molecule has 0 saturated carbocycles. The average molecular weight is 311 g/mol. The monoisotopic (exact) mass is 310 g/mol. The summed E-state index contributed by atoms with van der Waals surface area (Å²) in [6.07, 6.45) is 0.675. The first kappa shape index (κ1) is 15.3. The summed E-state index contributed by atoms with van der Waals surface area (Å²) in [6, 6.07) is 5.26. The molecule has 0 radical (unpaired) electrons. The van der Waals surface area contributed by atoms with Gasteiger partial charge in [0.05, 0.1) is 5.92 Å². The van der Waals surface area contributed by atoms with Gasteiger partial charge in [-0.25, -0.2) is 4.79 Å². The Morgan fingerprint density at radius 3 is 2.67 bits per heavy atom. The van der Waals surface area contributed by atoms with Crippen molar-refractivity contribution in [3.05, 3.63) is 34.9 Å². The second-order valence-electron chi connectivity index (χ2n) is 4.84. The maximum absolute atomic E-state index is 12.1. The Labute approximate surface area is 126 Å². The number of benzene rings is 1. The largest absolute Gasteiger partial charge is 0.479 e. The zero-order valence-electron chi connectivity index (χ0n) is 11.1. The third kappa shape index (κ3) is 3.72. The number of nitrogens with one attached hydrogen (secondary N) is 2. The Balaban J connectivity index is 2.10. The van der Waals surface area contributed by atoms with Gasteiger partial charge in [-0.3, -0.25) is 9.59 Å². The van der Waals surface area contributed by atoms with Crippen molar-refractivity contribution in [1.82, 2.24) is 10.6 Å². The summed E-state index contributed by atoms with van der Waals surface area (Å²) in [5.41, 5.74) is 0.333. The van der Waals surface area contributed by atoms with Gasteiger partial charge in [0.15, 0.2) is 6.04 Å². The Bertz CT molecular complexity index is 566. The minimum absolute atomic E-state index is 0.0973. The van der Waals surface area contributed by atoms with E-state index < -0.39 is 23.8 Å². The fourth-order valence-electron chi connectivity index (χ4n) is 2.20. The average Bonchev–Trinajstić information content (AvgIpc) is 2.46. The lowest BCUT2D eigenvalue weighted by Crippen LogP contribution is -2.45. The molecular formula is C14H15ClN2O4. The van der Waals surface area contributed by atoms with Crippen LogP contribution in [0.2, 0.25) is 5.02 Å². The Morgan fingerprint density at radius 2 is 2.10 bits per heavy atom. The number of hydrogen-bond acceptors (Lipinski definition) is 3. The molecular weight excluding hydrogens is 296 g/mol. The van der Waals surface area contributed by atoms with Gasteiger partial charge in [-0.1, -0.05) is 29.8 Å². The van der Waals surface area contributed by atoms with Crippen LogP contribution in [0.3, 0.4) is 0 Å². The van der Waals surface area contributed by atoms with E-state index in [-0.39, 0.29) is 23.9 Å². The molecule has 0 spiro atoms. The number of amides is 2. The SMILES string of the molecule is O=C1CCC(C(=O)N[C@@H](C(=O)O)c2ccccc2Cl)CN1. The third-order valence-corrected chi connectivity index (χ3v) is 3.73. The molecule has 112 valence electrons. The first-order valence-corrected chi connectivity index (χ1v) is 6.91. The number of carboxylic acids is 1. The smallest absolute Gasteiger partial charge is 0.330 e. The van der Waals surface area contributed by atoms with Crippen molar-refractivity contribution in [3.63, 3.8) is 0 Å².